The van der Waals surface area contributed by atoms with Gasteiger partial charge in [0, 0.05) is 16.8 Å². The molecule has 1 aromatic carbocycles. The number of Topliss-reactive ketones (excluding diaryl/α,β-unsaturated/α-hetero) is 1. The molecule has 1 amide bonds. The van der Waals surface area contributed by atoms with Crippen LogP contribution < -0.4 is 4.90 Å². The highest BCUT2D eigenvalue weighted by Gasteiger charge is 2.36. The Balaban J connectivity index is 2.05. The Labute approximate surface area is 125 Å². The van der Waals surface area contributed by atoms with Crippen molar-refractivity contribution in [2.75, 3.05) is 4.90 Å². The van der Waals surface area contributed by atoms with E-state index in [0.717, 1.165) is 0 Å². The summed E-state index contributed by atoms with van der Waals surface area (Å²) >= 11 is 5.93. The number of nitrogens with zero attached hydrogens (tertiary/aromatic N) is 3. The fourth-order valence-electron chi connectivity index (χ4n) is 2.26. The van der Waals surface area contributed by atoms with E-state index in [1.54, 1.807) is 24.3 Å². The van der Waals surface area contributed by atoms with E-state index in [2.05, 4.69) is 4.98 Å². The second-order valence-corrected chi connectivity index (χ2v) is 4.94. The second-order valence-electron chi connectivity index (χ2n) is 4.50. The zero-order valence-corrected chi connectivity index (χ0v) is 11.5. The summed E-state index contributed by atoms with van der Waals surface area (Å²) in [6.07, 6.45) is 1.50. The number of hydrogen-bond donors (Lipinski definition) is 0. The third kappa shape index (κ3) is 2.16. The molecule has 0 spiro atoms. The minimum absolute atomic E-state index is 0.106. The number of aromatic nitrogens is 1. The van der Waals surface area contributed by atoms with Gasteiger partial charge >= 0.3 is 0 Å². The molecule has 0 aliphatic carbocycles. The molecular formula is C15H8ClN3O2. The van der Waals surface area contributed by atoms with Crippen molar-refractivity contribution >= 4 is 29.0 Å². The molecule has 2 heterocycles. The molecule has 0 saturated carbocycles. The Morgan fingerprint density at radius 2 is 2.10 bits per heavy atom. The fourth-order valence-corrected chi connectivity index (χ4v) is 2.43. The van der Waals surface area contributed by atoms with Crippen LogP contribution >= 0.6 is 11.6 Å². The Bertz CT molecular complexity index is 811. The Morgan fingerprint density at radius 3 is 2.86 bits per heavy atom. The van der Waals surface area contributed by atoms with Crippen LogP contribution in [0.2, 0.25) is 5.02 Å². The minimum Gasteiger partial charge on any atom is -0.300 e. The molecular weight excluding hydrogens is 290 g/mol. The zero-order chi connectivity index (χ0) is 15.0. The molecule has 102 valence electrons. The first kappa shape index (κ1) is 13.3. The van der Waals surface area contributed by atoms with Crippen LogP contribution in [-0.4, -0.2) is 16.7 Å². The number of nitriles is 1. The molecule has 0 bridgehead atoms. The predicted octanol–water partition coefficient (Wildman–Crippen LogP) is 2.34. The van der Waals surface area contributed by atoms with E-state index in [1.807, 2.05) is 6.07 Å². The number of benzene rings is 1. The van der Waals surface area contributed by atoms with Crippen molar-refractivity contribution in [3.05, 3.63) is 58.4 Å². The molecule has 0 fully saturated rings. The fraction of sp³-hybridized carbons (Fsp3) is 0.0667. The maximum absolute atomic E-state index is 12.1. The van der Waals surface area contributed by atoms with Gasteiger partial charge in [-0.2, -0.15) is 5.26 Å². The molecule has 0 radical (unpaired) electrons. The summed E-state index contributed by atoms with van der Waals surface area (Å²) in [4.78, 5) is 29.3. The van der Waals surface area contributed by atoms with Crippen molar-refractivity contribution < 1.29 is 9.59 Å². The highest BCUT2D eigenvalue weighted by atomic mass is 35.5. The number of carbonyl (C=O) groups excluding carboxylic acids is 2. The summed E-state index contributed by atoms with van der Waals surface area (Å²) in [6, 6.07) is 10.0. The van der Waals surface area contributed by atoms with Gasteiger partial charge in [-0.05, 0) is 24.3 Å². The SMILES string of the molecule is N#Cc1ncccc1CN1C(=O)C(=O)c2ccc(Cl)cc21. The number of rotatable bonds is 2. The van der Waals surface area contributed by atoms with E-state index in [4.69, 9.17) is 16.9 Å². The van der Waals surface area contributed by atoms with Crippen molar-refractivity contribution in [2.45, 2.75) is 6.54 Å². The minimum atomic E-state index is -0.625. The number of hydrogen-bond acceptors (Lipinski definition) is 4. The van der Waals surface area contributed by atoms with E-state index in [-0.39, 0.29) is 12.2 Å². The molecule has 0 unspecified atom stereocenters. The quantitative estimate of drug-likeness (QED) is 0.797. The van der Waals surface area contributed by atoms with Crippen molar-refractivity contribution in [2.24, 2.45) is 0 Å². The van der Waals surface area contributed by atoms with Gasteiger partial charge in [-0.15, -0.1) is 0 Å². The van der Waals surface area contributed by atoms with Gasteiger partial charge in [0.15, 0.2) is 0 Å². The maximum Gasteiger partial charge on any atom is 0.299 e. The van der Waals surface area contributed by atoms with Crippen molar-refractivity contribution in [1.82, 2.24) is 4.98 Å². The van der Waals surface area contributed by atoms with Gasteiger partial charge in [-0.25, -0.2) is 4.98 Å². The predicted molar refractivity (Wildman–Crippen MR) is 75.9 cm³/mol. The van der Waals surface area contributed by atoms with Gasteiger partial charge in [0.25, 0.3) is 11.7 Å². The average Bonchev–Trinajstić information content (AvgIpc) is 2.72. The molecule has 0 atom stereocenters. The third-order valence-electron chi connectivity index (χ3n) is 3.26. The molecule has 1 aromatic heterocycles. The number of carbonyl (C=O) groups is 2. The molecule has 1 aliphatic heterocycles. The van der Waals surface area contributed by atoms with Crippen molar-refractivity contribution in [3.8, 4) is 6.07 Å². The number of ketones is 1. The summed E-state index contributed by atoms with van der Waals surface area (Å²) in [7, 11) is 0. The monoisotopic (exact) mass is 297 g/mol. The summed E-state index contributed by atoms with van der Waals surface area (Å²) < 4.78 is 0. The Hall–Kier alpha value is -2.71. The lowest BCUT2D eigenvalue weighted by Gasteiger charge is -2.17. The molecule has 5 nitrogen and oxygen atoms in total. The Morgan fingerprint density at radius 1 is 1.29 bits per heavy atom. The first-order chi connectivity index (χ1) is 10.1. The topological polar surface area (TPSA) is 74.1 Å². The van der Waals surface area contributed by atoms with E-state index in [1.165, 1.54) is 17.2 Å². The largest absolute Gasteiger partial charge is 0.300 e. The number of amides is 1. The third-order valence-corrected chi connectivity index (χ3v) is 3.50. The van der Waals surface area contributed by atoms with Gasteiger partial charge in [-0.3, -0.25) is 9.59 Å². The molecule has 3 rings (SSSR count). The molecule has 21 heavy (non-hydrogen) atoms. The number of fused-ring (bicyclic) bond motifs is 1. The standard InChI is InChI=1S/C15H8ClN3O2/c16-10-3-4-11-13(6-10)19(15(21)14(11)20)8-9-2-1-5-18-12(9)7-17/h1-6H,8H2. The summed E-state index contributed by atoms with van der Waals surface area (Å²) in [5, 5.41) is 9.48. The van der Waals surface area contributed by atoms with Gasteiger partial charge in [-0.1, -0.05) is 17.7 Å². The number of pyridine rings is 1. The lowest BCUT2D eigenvalue weighted by atomic mass is 10.1. The van der Waals surface area contributed by atoms with E-state index in [9.17, 15) is 9.59 Å². The zero-order valence-electron chi connectivity index (χ0n) is 10.7. The highest BCUT2D eigenvalue weighted by Crippen LogP contribution is 2.32. The molecule has 0 saturated heterocycles. The van der Waals surface area contributed by atoms with Crippen molar-refractivity contribution in [1.29, 1.82) is 5.26 Å². The van der Waals surface area contributed by atoms with Gasteiger partial charge in [0.2, 0.25) is 0 Å². The van der Waals surface area contributed by atoms with Crippen LogP contribution in [0, 0.1) is 11.3 Å². The normalized spacial score (nSPS) is 13.2. The second kappa shape index (κ2) is 5.00. The smallest absolute Gasteiger partial charge is 0.299 e. The van der Waals surface area contributed by atoms with Gasteiger partial charge in [0.1, 0.15) is 11.8 Å². The molecule has 6 heteroatoms. The van der Waals surface area contributed by atoms with Gasteiger partial charge < -0.3 is 4.90 Å². The number of anilines is 1. The maximum atomic E-state index is 12.1. The van der Waals surface area contributed by atoms with Crippen LogP contribution in [0.25, 0.3) is 0 Å². The van der Waals surface area contributed by atoms with Crippen LogP contribution in [0.3, 0.4) is 0 Å². The highest BCUT2D eigenvalue weighted by molar-refractivity contribution is 6.52. The molecule has 2 aromatic rings. The lowest BCUT2D eigenvalue weighted by molar-refractivity contribution is -0.114. The first-order valence-corrected chi connectivity index (χ1v) is 6.49. The van der Waals surface area contributed by atoms with Crippen LogP contribution in [-0.2, 0) is 11.3 Å². The number of halogens is 1. The van der Waals surface area contributed by atoms with E-state index in [0.29, 0.717) is 21.8 Å². The summed E-state index contributed by atoms with van der Waals surface area (Å²) in [5.74, 6) is -1.19. The summed E-state index contributed by atoms with van der Waals surface area (Å²) in [6.45, 7) is 0.106. The van der Waals surface area contributed by atoms with E-state index >= 15 is 0 Å². The van der Waals surface area contributed by atoms with Crippen LogP contribution in [0.5, 0.6) is 0 Å². The van der Waals surface area contributed by atoms with Crippen LogP contribution in [0.15, 0.2) is 36.5 Å². The summed E-state index contributed by atoms with van der Waals surface area (Å²) in [5.41, 5.74) is 1.60. The van der Waals surface area contributed by atoms with Crippen LogP contribution in [0.4, 0.5) is 5.69 Å². The van der Waals surface area contributed by atoms with Crippen LogP contribution in [0.1, 0.15) is 21.6 Å². The van der Waals surface area contributed by atoms with E-state index < -0.39 is 11.7 Å². The average molecular weight is 298 g/mol. The van der Waals surface area contributed by atoms with Gasteiger partial charge in [0.05, 0.1) is 17.8 Å². The first-order valence-electron chi connectivity index (χ1n) is 6.11. The van der Waals surface area contributed by atoms with Crippen molar-refractivity contribution in [3.63, 3.8) is 0 Å². The molecule has 0 N–H and O–H groups in total. The lowest BCUT2D eigenvalue weighted by Crippen LogP contribution is -2.29. The molecule has 1 aliphatic rings. The Kier molecular flexibility index (Phi) is 3.16.